The van der Waals surface area contributed by atoms with Gasteiger partial charge in [0.05, 0.1) is 24.2 Å². The molecule has 0 aliphatic carbocycles. The van der Waals surface area contributed by atoms with Crippen molar-refractivity contribution in [3.8, 4) is 0 Å². The number of fused-ring (bicyclic) bond motifs is 5. The van der Waals surface area contributed by atoms with E-state index in [1.165, 1.54) is 0 Å². The van der Waals surface area contributed by atoms with Gasteiger partial charge < -0.3 is 4.42 Å². The largest absolute Gasteiger partial charge is 0.462 e. The van der Waals surface area contributed by atoms with Crippen LogP contribution in [0.1, 0.15) is 0 Å². The average Bonchev–Trinajstić information content (AvgIpc) is 2.92. The van der Waals surface area contributed by atoms with Gasteiger partial charge in [0.15, 0.2) is 5.58 Å². The van der Waals surface area contributed by atoms with E-state index in [0.717, 1.165) is 22.0 Å². The van der Waals surface area contributed by atoms with Crippen LogP contribution in [0.4, 0.5) is 0 Å². The summed E-state index contributed by atoms with van der Waals surface area (Å²) < 4.78 is 7.13. The minimum atomic E-state index is 0.585. The molecule has 0 saturated carbocycles. The topological polar surface area (TPSA) is 56.2 Å². The fourth-order valence-corrected chi connectivity index (χ4v) is 1.93. The van der Waals surface area contributed by atoms with Gasteiger partial charge in [0, 0.05) is 5.39 Å². The Morgan fingerprint density at radius 3 is 3.12 bits per heavy atom. The highest BCUT2D eigenvalue weighted by molar-refractivity contribution is 6.01. The predicted molar refractivity (Wildman–Crippen MR) is 58.1 cm³/mol. The Morgan fingerprint density at radius 1 is 1.12 bits per heavy atom. The molecule has 0 aliphatic rings. The number of benzene rings is 1. The van der Waals surface area contributed by atoms with Crippen LogP contribution in [0.5, 0.6) is 0 Å². The van der Waals surface area contributed by atoms with Crippen LogP contribution in [-0.4, -0.2) is 19.6 Å². The molecule has 0 spiro atoms. The molecule has 0 aliphatic heterocycles. The minimum Gasteiger partial charge on any atom is -0.462 e. The molecule has 76 valence electrons. The first kappa shape index (κ1) is 7.81. The lowest BCUT2D eigenvalue weighted by Gasteiger charge is -1.91. The van der Waals surface area contributed by atoms with Crippen molar-refractivity contribution in [2.24, 2.45) is 0 Å². The van der Waals surface area contributed by atoms with Crippen molar-refractivity contribution in [3.05, 3.63) is 36.9 Å². The molecule has 4 aromatic rings. The normalized spacial score (nSPS) is 11.8. The van der Waals surface area contributed by atoms with Gasteiger partial charge in [-0.25, -0.2) is 9.97 Å². The molecule has 5 heteroatoms. The average molecular weight is 210 g/mol. The van der Waals surface area contributed by atoms with E-state index in [1.807, 2.05) is 18.2 Å². The highest BCUT2D eigenvalue weighted by Gasteiger charge is 2.10. The summed E-state index contributed by atoms with van der Waals surface area (Å²) in [5.41, 5.74) is 2.49. The zero-order chi connectivity index (χ0) is 10.5. The summed E-state index contributed by atoms with van der Waals surface area (Å²) in [6.07, 6.45) is 4.93. The Morgan fingerprint density at radius 2 is 2.12 bits per heavy atom. The highest BCUT2D eigenvalue weighted by atomic mass is 16.3. The summed E-state index contributed by atoms with van der Waals surface area (Å²) in [4.78, 5) is 8.57. The zero-order valence-corrected chi connectivity index (χ0v) is 8.16. The Labute approximate surface area is 89.3 Å². The van der Waals surface area contributed by atoms with Gasteiger partial charge in [-0.3, -0.25) is 0 Å². The van der Waals surface area contributed by atoms with Crippen molar-refractivity contribution >= 4 is 27.8 Å². The SMILES string of the molecule is c1cnn2c(n1)nc1c3occc3ccc12. The highest BCUT2D eigenvalue weighted by Crippen LogP contribution is 2.25. The summed E-state index contributed by atoms with van der Waals surface area (Å²) in [6.45, 7) is 0. The van der Waals surface area contributed by atoms with Gasteiger partial charge in [0.25, 0.3) is 5.78 Å². The van der Waals surface area contributed by atoms with Crippen LogP contribution in [0, 0.1) is 0 Å². The van der Waals surface area contributed by atoms with Gasteiger partial charge in [-0.05, 0) is 18.2 Å². The molecule has 4 rings (SSSR count). The predicted octanol–water partition coefficient (Wildman–Crippen LogP) is 2.02. The molecule has 3 heterocycles. The van der Waals surface area contributed by atoms with E-state index in [1.54, 1.807) is 23.2 Å². The van der Waals surface area contributed by atoms with Crippen LogP contribution in [0.2, 0.25) is 0 Å². The summed E-state index contributed by atoms with van der Waals surface area (Å²) in [5.74, 6) is 0.585. The molecule has 0 N–H and O–H groups in total. The number of imidazole rings is 1. The van der Waals surface area contributed by atoms with E-state index >= 15 is 0 Å². The van der Waals surface area contributed by atoms with E-state index in [9.17, 15) is 0 Å². The number of nitrogens with zero attached hydrogens (tertiary/aromatic N) is 4. The molecular weight excluding hydrogens is 204 g/mol. The van der Waals surface area contributed by atoms with E-state index in [0.29, 0.717) is 5.78 Å². The molecule has 0 unspecified atom stereocenters. The molecule has 16 heavy (non-hydrogen) atoms. The minimum absolute atomic E-state index is 0.585. The smallest absolute Gasteiger partial charge is 0.251 e. The van der Waals surface area contributed by atoms with Gasteiger partial charge in [0.2, 0.25) is 0 Å². The number of aromatic nitrogens is 4. The second-order valence-corrected chi connectivity index (χ2v) is 3.54. The Balaban J connectivity index is 2.38. The Kier molecular flexibility index (Phi) is 1.26. The van der Waals surface area contributed by atoms with Gasteiger partial charge in [-0.1, -0.05) is 0 Å². The van der Waals surface area contributed by atoms with Crippen LogP contribution in [-0.2, 0) is 0 Å². The Hall–Kier alpha value is -2.43. The third-order valence-corrected chi connectivity index (χ3v) is 2.64. The standard InChI is InChI=1S/C11H6N4O/c1-2-8-9(10-7(1)3-6-16-10)14-11-12-4-5-13-15(8)11/h1-6H. The first-order valence-electron chi connectivity index (χ1n) is 4.89. The van der Waals surface area contributed by atoms with E-state index < -0.39 is 0 Å². The fraction of sp³-hybridized carbons (Fsp3) is 0. The molecule has 1 aromatic carbocycles. The van der Waals surface area contributed by atoms with Crippen molar-refractivity contribution in [3.63, 3.8) is 0 Å². The lowest BCUT2D eigenvalue weighted by molar-refractivity contribution is 0.618. The monoisotopic (exact) mass is 210 g/mol. The maximum absolute atomic E-state index is 5.43. The van der Waals surface area contributed by atoms with Crippen molar-refractivity contribution in [2.75, 3.05) is 0 Å². The molecule has 3 aromatic heterocycles. The summed E-state index contributed by atoms with van der Waals surface area (Å²) in [5, 5.41) is 5.25. The first-order chi connectivity index (χ1) is 7.93. The van der Waals surface area contributed by atoms with Crippen LogP contribution >= 0.6 is 0 Å². The van der Waals surface area contributed by atoms with Crippen molar-refractivity contribution in [1.82, 2.24) is 19.6 Å². The summed E-state index contributed by atoms with van der Waals surface area (Å²) in [7, 11) is 0. The molecule has 0 bridgehead atoms. The van der Waals surface area contributed by atoms with Crippen molar-refractivity contribution < 1.29 is 4.42 Å². The number of rotatable bonds is 0. The van der Waals surface area contributed by atoms with Crippen LogP contribution in [0.25, 0.3) is 27.8 Å². The lowest BCUT2D eigenvalue weighted by Crippen LogP contribution is -1.91. The van der Waals surface area contributed by atoms with E-state index in [-0.39, 0.29) is 0 Å². The van der Waals surface area contributed by atoms with Crippen molar-refractivity contribution in [2.45, 2.75) is 0 Å². The van der Waals surface area contributed by atoms with Gasteiger partial charge in [-0.15, -0.1) is 0 Å². The Bertz CT molecular complexity index is 814. The summed E-state index contributed by atoms with van der Waals surface area (Å²) in [6, 6.07) is 5.88. The quantitative estimate of drug-likeness (QED) is 0.445. The van der Waals surface area contributed by atoms with Gasteiger partial charge in [-0.2, -0.15) is 9.61 Å². The molecule has 0 atom stereocenters. The molecular formula is C11H6N4O. The van der Waals surface area contributed by atoms with Gasteiger partial charge in [0.1, 0.15) is 5.52 Å². The molecule has 0 saturated heterocycles. The molecule has 0 radical (unpaired) electrons. The fourth-order valence-electron chi connectivity index (χ4n) is 1.93. The van der Waals surface area contributed by atoms with Crippen LogP contribution < -0.4 is 0 Å². The second kappa shape index (κ2) is 2.57. The van der Waals surface area contributed by atoms with E-state index in [2.05, 4.69) is 15.1 Å². The maximum atomic E-state index is 5.43. The third kappa shape index (κ3) is 0.826. The maximum Gasteiger partial charge on any atom is 0.251 e. The number of furan rings is 1. The molecule has 0 fully saturated rings. The molecule has 0 amide bonds. The second-order valence-electron chi connectivity index (χ2n) is 3.54. The van der Waals surface area contributed by atoms with E-state index in [4.69, 9.17) is 4.42 Å². The lowest BCUT2D eigenvalue weighted by atomic mass is 10.2. The zero-order valence-electron chi connectivity index (χ0n) is 8.16. The third-order valence-electron chi connectivity index (χ3n) is 2.64. The number of hydrogen-bond acceptors (Lipinski definition) is 4. The van der Waals surface area contributed by atoms with Crippen LogP contribution in [0.3, 0.4) is 0 Å². The van der Waals surface area contributed by atoms with Gasteiger partial charge >= 0.3 is 0 Å². The van der Waals surface area contributed by atoms with Crippen LogP contribution in [0.15, 0.2) is 41.3 Å². The number of hydrogen-bond donors (Lipinski definition) is 0. The summed E-state index contributed by atoms with van der Waals surface area (Å²) >= 11 is 0. The first-order valence-corrected chi connectivity index (χ1v) is 4.89. The molecule has 5 nitrogen and oxygen atoms in total. The van der Waals surface area contributed by atoms with Crippen molar-refractivity contribution in [1.29, 1.82) is 0 Å².